The Hall–Kier alpha value is -2.74. The van der Waals surface area contributed by atoms with E-state index < -0.39 is 11.9 Å². The van der Waals surface area contributed by atoms with Crippen molar-refractivity contribution in [3.05, 3.63) is 57.0 Å². The molecule has 1 atom stereocenters. The summed E-state index contributed by atoms with van der Waals surface area (Å²) in [5, 5.41) is 3.60. The van der Waals surface area contributed by atoms with Gasteiger partial charge in [0.25, 0.3) is 5.56 Å². The number of esters is 1. The average Bonchev–Trinajstić information content (AvgIpc) is 2.66. The second-order valence-electron chi connectivity index (χ2n) is 5.93. The average molecular weight is 387 g/mol. The number of thioether (sulfide) groups is 1. The van der Waals surface area contributed by atoms with Gasteiger partial charge in [-0.05, 0) is 37.8 Å². The molecular weight excluding hydrogens is 366 g/mol. The van der Waals surface area contributed by atoms with Crippen LogP contribution in [0.15, 0.2) is 45.5 Å². The molecule has 1 aliphatic rings. The molecule has 3 rings (SSSR count). The van der Waals surface area contributed by atoms with E-state index in [1.54, 1.807) is 33.1 Å². The number of H-pyrrole nitrogens is 1. The Bertz CT molecular complexity index is 950. The number of hydrogen-bond donors (Lipinski definition) is 2. The molecule has 1 aromatic heterocycles. The number of fused-ring (bicyclic) bond motifs is 1. The predicted octanol–water partition coefficient (Wildman–Crippen LogP) is 2.89. The van der Waals surface area contributed by atoms with Crippen molar-refractivity contribution >= 4 is 23.5 Å². The lowest BCUT2D eigenvalue weighted by Crippen LogP contribution is -2.31. The largest absolute Gasteiger partial charge is 0.497 e. The molecule has 2 N–H and O–H groups in total. The summed E-state index contributed by atoms with van der Waals surface area (Å²) in [4.78, 5) is 32.8. The fourth-order valence-corrected chi connectivity index (χ4v) is 3.51. The highest BCUT2D eigenvalue weighted by Gasteiger charge is 2.36. The number of hydrogen-bond acceptors (Lipinski definition) is 7. The maximum absolute atomic E-state index is 12.8. The highest BCUT2D eigenvalue weighted by molar-refractivity contribution is 7.98. The maximum Gasteiger partial charge on any atom is 0.336 e. The minimum atomic E-state index is -0.585. The van der Waals surface area contributed by atoms with Crippen molar-refractivity contribution < 1.29 is 14.3 Å². The van der Waals surface area contributed by atoms with Crippen molar-refractivity contribution in [2.45, 2.75) is 24.9 Å². The molecule has 8 heteroatoms. The van der Waals surface area contributed by atoms with Gasteiger partial charge in [-0.25, -0.2) is 9.78 Å². The van der Waals surface area contributed by atoms with Gasteiger partial charge in [-0.15, -0.1) is 0 Å². The van der Waals surface area contributed by atoms with Crippen molar-refractivity contribution in [2.24, 2.45) is 0 Å². The number of anilines is 1. The van der Waals surface area contributed by atoms with Crippen LogP contribution in [0.5, 0.6) is 5.75 Å². The van der Waals surface area contributed by atoms with Gasteiger partial charge in [0, 0.05) is 5.70 Å². The van der Waals surface area contributed by atoms with Gasteiger partial charge in [0.2, 0.25) is 0 Å². The molecule has 2 heterocycles. The van der Waals surface area contributed by atoms with E-state index in [1.807, 2.05) is 18.4 Å². The standard InChI is InChI=1S/C19H21N3O4S/c1-5-26-18(24)13-10(2)20-16-15(17(23)22-19(21-16)27-4)14(13)11-6-8-12(25-3)9-7-11/h6-9,14H,5H2,1-4H3,(H2,20,21,22,23). The van der Waals surface area contributed by atoms with Crippen LogP contribution in [0.2, 0.25) is 0 Å². The predicted molar refractivity (Wildman–Crippen MR) is 104 cm³/mol. The molecule has 0 amide bonds. The number of aromatic amines is 1. The second-order valence-corrected chi connectivity index (χ2v) is 6.72. The van der Waals surface area contributed by atoms with Crippen molar-refractivity contribution in [1.29, 1.82) is 0 Å². The first kappa shape index (κ1) is 19.0. The normalized spacial score (nSPS) is 15.8. The van der Waals surface area contributed by atoms with Crippen LogP contribution in [0.4, 0.5) is 5.82 Å². The summed E-state index contributed by atoms with van der Waals surface area (Å²) in [6.45, 7) is 3.78. The number of carbonyl (C=O) groups excluding carboxylic acids is 1. The zero-order chi connectivity index (χ0) is 19.6. The molecule has 0 spiro atoms. The van der Waals surface area contributed by atoms with Crippen LogP contribution in [-0.4, -0.2) is 35.9 Å². The fraction of sp³-hybridized carbons (Fsp3) is 0.316. The summed E-state index contributed by atoms with van der Waals surface area (Å²) in [5.41, 5.74) is 1.91. The van der Waals surface area contributed by atoms with Crippen LogP contribution in [0, 0.1) is 0 Å². The highest BCUT2D eigenvalue weighted by Crippen LogP contribution is 2.40. The molecule has 1 aliphatic heterocycles. The van der Waals surface area contributed by atoms with E-state index in [-0.39, 0.29) is 12.2 Å². The highest BCUT2D eigenvalue weighted by atomic mass is 32.2. The van der Waals surface area contributed by atoms with Crippen LogP contribution in [0.1, 0.15) is 30.9 Å². The third kappa shape index (κ3) is 3.57. The van der Waals surface area contributed by atoms with Crippen LogP contribution < -0.4 is 15.6 Å². The molecule has 7 nitrogen and oxygen atoms in total. The molecule has 1 aromatic carbocycles. The molecule has 0 fully saturated rings. The Morgan fingerprint density at radius 3 is 2.59 bits per heavy atom. The lowest BCUT2D eigenvalue weighted by atomic mass is 9.82. The lowest BCUT2D eigenvalue weighted by Gasteiger charge is -2.28. The van der Waals surface area contributed by atoms with Gasteiger partial charge in [0.15, 0.2) is 5.16 Å². The van der Waals surface area contributed by atoms with Crippen LogP contribution in [0.25, 0.3) is 0 Å². The van der Waals surface area contributed by atoms with Crippen LogP contribution >= 0.6 is 11.8 Å². The Balaban J connectivity index is 2.23. The smallest absolute Gasteiger partial charge is 0.336 e. The second kappa shape index (κ2) is 7.87. The third-order valence-corrected chi connectivity index (χ3v) is 4.94. The van der Waals surface area contributed by atoms with Crippen LogP contribution in [0.3, 0.4) is 0 Å². The Labute approximate surface area is 161 Å². The van der Waals surface area contributed by atoms with Gasteiger partial charge in [0.1, 0.15) is 11.6 Å². The summed E-state index contributed by atoms with van der Waals surface area (Å²) in [6, 6.07) is 7.28. The zero-order valence-electron chi connectivity index (χ0n) is 15.6. The van der Waals surface area contributed by atoms with E-state index in [4.69, 9.17) is 9.47 Å². The minimum Gasteiger partial charge on any atom is -0.497 e. The summed E-state index contributed by atoms with van der Waals surface area (Å²) < 4.78 is 10.5. The number of carbonyl (C=O) groups is 1. The molecule has 0 bridgehead atoms. The quantitative estimate of drug-likeness (QED) is 0.463. The van der Waals surface area contributed by atoms with Gasteiger partial charge in [-0.2, -0.15) is 0 Å². The summed E-state index contributed by atoms with van der Waals surface area (Å²) in [6.07, 6.45) is 1.83. The van der Waals surface area contributed by atoms with E-state index in [0.717, 1.165) is 5.56 Å². The summed E-state index contributed by atoms with van der Waals surface area (Å²) >= 11 is 1.34. The first-order valence-electron chi connectivity index (χ1n) is 8.47. The Morgan fingerprint density at radius 1 is 1.30 bits per heavy atom. The molecule has 0 saturated heterocycles. The van der Waals surface area contributed by atoms with Crippen molar-refractivity contribution in [2.75, 3.05) is 25.3 Å². The number of ether oxygens (including phenoxy) is 2. The maximum atomic E-state index is 12.8. The number of methoxy groups -OCH3 is 1. The van der Waals surface area contributed by atoms with E-state index in [1.165, 1.54) is 11.8 Å². The zero-order valence-corrected chi connectivity index (χ0v) is 16.4. The number of aromatic nitrogens is 2. The van der Waals surface area contributed by atoms with Crippen molar-refractivity contribution in [1.82, 2.24) is 9.97 Å². The molecular formula is C19H21N3O4S. The van der Waals surface area contributed by atoms with E-state index >= 15 is 0 Å². The molecule has 142 valence electrons. The molecule has 27 heavy (non-hydrogen) atoms. The van der Waals surface area contributed by atoms with Crippen LogP contribution in [-0.2, 0) is 9.53 Å². The molecule has 1 unspecified atom stereocenters. The Morgan fingerprint density at radius 2 is 2.00 bits per heavy atom. The van der Waals surface area contributed by atoms with Gasteiger partial charge >= 0.3 is 5.97 Å². The van der Waals surface area contributed by atoms with Gasteiger partial charge in [-0.3, -0.25) is 4.79 Å². The number of benzene rings is 1. The third-order valence-electron chi connectivity index (χ3n) is 4.36. The van der Waals surface area contributed by atoms with E-state index in [9.17, 15) is 9.59 Å². The monoisotopic (exact) mass is 387 g/mol. The Kier molecular flexibility index (Phi) is 5.55. The molecule has 2 aromatic rings. The van der Waals surface area contributed by atoms with Crippen molar-refractivity contribution in [3.8, 4) is 5.75 Å². The topological polar surface area (TPSA) is 93.3 Å². The van der Waals surface area contributed by atoms with Gasteiger partial charge < -0.3 is 19.8 Å². The molecule has 0 aliphatic carbocycles. The minimum absolute atomic E-state index is 0.248. The number of allylic oxidation sites excluding steroid dienone is 1. The lowest BCUT2D eigenvalue weighted by molar-refractivity contribution is -0.138. The summed E-state index contributed by atoms with van der Waals surface area (Å²) in [7, 11) is 1.58. The molecule has 0 saturated carbocycles. The van der Waals surface area contributed by atoms with Gasteiger partial charge in [-0.1, -0.05) is 23.9 Å². The first-order chi connectivity index (χ1) is 13.0. The SMILES string of the molecule is CCOC(=O)C1=C(C)Nc2nc(SC)[nH]c(=O)c2C1c1ccc(OC)cc1. The first-order valence-corrected chi connectivity index (χ1v) is 9.69. The molecule has 0 radical (unpaired) electrons. The number of rotatable bonds is 5. The fourth-order valence-electron chi connectivity index (χ4n) is 3.14. The number of nitrogens with zero attached hydrogens (tertiary/aromatic N) is 1. The summed E-state index contributed by atoms with van der Waals surface area (Å²) in [5.74, 6) is 0.103. The van der Waals surface area contributed by atoms with Crippen molar-refractivity contribution in [3.63, 3.8) is 0 Å². The van der Waals surface area contributed by atoms with Gasteiger partial charge in [0.05, 0.1) is 30.8 Å². The number of nitrogens with one attached hydrogen (secondary N) is 2. The van der Waals surface area contributed by atoms with E-state index in [0.29, 0.717) is 33.6 Å². The van der Waals surface area contributed by atoms with E-state index in [2.05, 4.69) is 15.3 Å².